The summed E-state index contributed by atoms with van der Waals surface area (Å²) in [6, 6.07) is 4.48. The Balaban J connectivity index is 3.09. The summed E-state index contributed by atoms with van der Waals surface area (Å²) in [5.41, 5.74) is 0.595. The fourth-order valence-electron chi connectivity index (χ4n) is 1.32. The third-order valence-electron chi connectivity index (χ3n) is 2.02. The number of carbonyl (C=O) groups is 2. The average Bonchev–Trinajstić information content (AvgIpc) is 2.29. The molecule has 1 rings (SSSR count). The molecule has 0 unspecified atom stereocenters. The van der Waals surface area contributed by atoms with Gasteiger partial charge in [0.15, 0.2) is 0 Å². The molecule has 1 N–H and O–H groups in total. The average molecular weight is 254 g/mol. The summed E-state index contributed by atoms with van der Waals surface area (Å²) in [6.45, 7) is 3.95. The quantitative estimate of drug-likeness (QED) is 0.646. The maximum Gasteiger partial charge on any atom is 0.338 e. The second-order valence-electron chi connectivity index (χ2n) is 3.17. The van der Waals surface area contributed by atoms with Crippen LogP contribution in [-0.4, -0.2) is 29.4 Å². The lowest BCUT2D eigenvalue weighted by Gasteiger charge is -2.07. The van der Waals surface area contributed by atoms with E-state index in [1.54, 1.807) is 13.0 Å². The van der Waals surface area contributed by atoms with Crippen LogP contribution in [0.4, 0.5) is 0 Å². The third kappa shape index (κ3) is 3.49. The summed E-state index contributed by atoms with van der Waals surface area (Å²) in [5.74, 6) is -0.675. The van der Waals surface area contributed by atoms with Gasteiger partial charge >= 0.3 is 11.9 Å². The van der Waals surface area contributed by atoms with Crippen LogP contribution >= 0.6 is 11.8 Å². The molecular formula is C12H14O4S. The molecule has 0 spiro atoms. The van der Waals surface area contributed by atoms with E-state index in [0.29, 0.717) is 17.1 Å². The molecule has 0 aromatic heterocycles. The number of hydrogen-bond donors (Lipinski definition) is 1. The Morgan fingerprint density at radius 3 is 2.59 bits per heavy atom. The molecule has 0 radical (unpaired) electrons. The Kier molecular flexibility index (Phi) is 5.03. The highest BCUT2D eigenvalue weighted by Gasteiger charge is 2.14. The number of rotatable bonds is 5. The molecule has 0 saturated heterocycles. The van der Waals surface area contributed by atoms with Gasteiger partial charge in [-0.1, -0.05) is 6.92 Å². The first-order valence-corrected chi connectivity index (χ1v) is 6.26. The minimum Gasteiger partial charge on any atom is -0.478 e. The van der Waals surface area contributed by atoms with E-state index >= 15 is 0 Å². The van der Waals surface area contributed by atoms with Gasteiger partial charge in [-0.25, -0.2) is 9.59 Å². The molecule has 0 aliphatic rings. The van der Waals surface area contributed by atoms with Crippen LogP contribution in [0, 0.1) is 0 Å². The minimum atomic E-state index is -0.989. The highest BCUT2D eigenvalue weighted by Crippen LogP contribution is 2.24. The fourth-order valence-corrected chi connectivity index (χ4v) is 2.15. The molecule has 0 saturated carbocycles. The Hall–Kier alpha value is -1.49. The van der Waals surface area contributed by atoms with Gasteiger partial charge in [-0.3, -0.25) is 0 Å². The number of benzene rings is 1. The molecule has 0 aliphatic heterocycles. The van der Waals surface area contributed by atoms with Gasteiger partial charge in [0.05, 0.1) is 17.7 Å². The Morgan fingerprint density at radius 1 is 1.35 bits per heavy atom. The van der Waals surface area contributed by atoms with Crippen LogP contribution in [0.3, 0.4) is 0 Å². The molecule has 0 amide bonds. The van der Waals surface area contributed by atoms with Crippen molar-refractivity contribution in [2.75, 3.05) is 12.4 Å². The van der Waals surface area contributed by atoms with Crippen LogP contribution in [0.15, 0.2) is 23.1 Å². The van der Waals surface area contributed by atoms with Gasteiger partial charge < -0.3 is 9.84 Å². The van der Waals surface area contributed by atoms with E-state index in [1.807, 2.05) is 6.92 Å². The molecule has 1 aromatic carbocycles. The summed E-state index contributed by atoms with van der Waals surface area (Å²) in [7, 11) is 0. The highest BCUT2D eigenvalue weighted by molar-refractivity contribution is 7.99. The Bertz CT molecular complexity index is 429. The Morgan fingerprint density at radius 2 is 2.06 bits per heavy atom. The molecule has 17 heavy (non-hydrogen) atoms. The zero-order valence-corrected chi connectivity index (χ0v) is 10.5. The topological polar surface area (TPSA) is 63.6 Å². The van der Waals surface area contributed by atoms with E-state index in [1.165, 1.54) is 23.9 Å². The monoisotopic (exact) mass is 254 g/mol. The van der Waals surface area contributed by atoms with Crippen molar-refractivity contribution in [2.24, 2.45) is 0 Å². The van der Waals surface area contributed by atoms with Crippen molar-refractivity contribution in [3.8, 4) is 0 Å². The number of aromatic carboxylic acids is 1. The van der Waals surface area contributed by atoms with Crippen LogP contribution in [-0.2, 0) is 4.74 Å². The summed E-state index contributed by atoms with van der Waals surface area (Å²) < 4.78 is 4.87. The van der Waals surface area contributed by atoms with E-state index in [4.69, 9.17) is 9.84 Å². The van der Waals surface area contributed by atoms with Crippen molar-refractivity contribution in [3.05, 3.63) is 29.3 Å². The van der Waals surface area contributed by atoms with Crippen molar-refractivity contribution in [1.82, 2.24) is 0 Å². The highest BCUT2D eigenvalue weighted by atomic mass is 32.2. The summed E-state index contributed by atoms with van der Waals surface area (Å²) >= 11 is 1.39. The number of thioether (sulfide) groups is 1. The number of ether oxygens (including phenoxy) is 1. The normalized spacial score (nSPS) is 10.0. The maximum atomic E-state index is 11.5. The van der Waals surface area contributed by atoms with Gasteiger partial charge in [-0.2, -0.15) is 0 Å². The first-order valence-electron chi connectivity index (χ1n) is 5.27. The first kappa shape index (κ1) is 13.6. The molecule has 0 atom stereocenters. The van der Waals surface area contributed by atoms with E-state index in [9.17, 15) is 9.59 Å². The Labute approximate surface area is 104 Å². The standard InChI is InChI=1S/C12H14O4S/c1-3-16-12(15)8-5-6-9(11(13)14)10(7-8)17-4-2/h5-7H,3-4H2,1-2H3,(H,13,14). The van der Waals surface area contributed by atoms with Gasteiger partial charge in [-0.05, 0) is 30.9 Å². The zero-order chi connectivity index (χ0) is 12.8. The predicted molar refractivity (Wildman–Crippen MR) is 65.8 cm³/mol. The number of carboxylic acid groups (broad SMARTS) is 1. The van der Waals surface area contributed by atoms with E-state index in [-0.39, 0.29) is 5.56 Å². The van der Waals surface area contributed by atoms with Gasteiger partial charge in [0, 0.05) is 4.90 Å². The number of carboxylic acids is 1. The second-order valence-corrected chi connectivity index (χ2v) is 4.48. The van der Waals surface area contributed by atoms with Crippen LogP contribution in [0.2, 0.25) is 0 Å². The zero-order valence-electron chi connectivity index (χ0n) is 9.73. The van der Waals surface area contributed by atoms with Gasteiger partial charge in [0.1, 0.15) is 0 Å². The lowest BCUT2D eigenvalue weighted by Crippen LogP contribution is -2.07. The molecular weight excluding hydrogens is 240 g/mol. The largest absolute Gasteiger partial charge is 0.478 e. The summed E-state index contributed by atoms with van der Waals surface area (Å²) in [4.78, 5) is 23.1. The number of hydrogen-bond acceptors (Lipinski definition) is 4. The molecule has 0 bridgehead atoms. The van der Waals surface area contributed by atoms with Gasteiger partial charge in [0.2, 0.25) is 0 Å². The van der Waals surface area contributed by atoms with Crippen molar-refractivity contribution < 1.29 is 19.4 Å². The lowest BCUT2D eigenvalue weighted by molar-refractivity contribution is 0.0524. The molecule has 5 heteroatoms. The van der Waals surface area contributed by atoms with Gasteiger partial charge in [0.25, 0.3) is 0 Å². The van der Waals surface area contributed by atoms with Crippen LogP contribution in [0.25, 0.3) is 0 Å². The summed E-state index contributed by atoms with van der Waals surface area (Å²) in [6.07, 6.45) is 0. The molecule has 0 fully saturated rings. The van der Waals surface area contributed by atoms with E-state index < -0.39 is 11.9 Å². The number of carbonyl (C=O) groups excluding carboxylic acids is 1. The van der Waals surface area contributed by atoms with Gasteiger partial charge in [-0.15, -0.1) is 11.8 Å². The van der Waals surface area contributed by atoms with Crippen LogP contribution in [0.5, 0.6) is 0 Å². The maximum absolute atomic E-state index is 11.5. The molecule has 0 heterocycles. The van der Waals surface area contributed by atoms with Crippen molar-refractivity contribution in [3.63, 3.8) is 0 Å². The van der Waals surface area contributed by atoms with Crippen molar-refractivity contribution >= 4 is 23.7 Å². The number of esters is 1. The molecule has 1 aromatic rings. The SMILES string of the molecule is CCOC(=O)c1ccc(C(=O)O)c(SCC)c1. The van der Waals surface area contributed by atoms with Crippen LogP contribution < -0.4 is 0 Å². The first-order chi connectivity index (χ1) is 8.10. The predicted octanol–water partition coefficient (Wildman–Crippen LogP) is 2.67. The van der Waals surface area contributed by atoms with E-state index in [0.717, 1.165) is 5.75 Å². The van der Waals surface area contributed by atoms with E-state index in [2.05, 4.69) is 0 Å². The van der Waals surface area contributed by atoms with Crippen LogP contribution in [0.1, 0.15) is 34.6 Å². The van der Waals surface area contributed by atoms with Crippen molar-refractivity contribution in [1.29, 1.82) is 0 Å². The summed E-state index contributed by atoms with van der Waals surface area (Å²) in [5, 5.41) is 9.00. The second kappa shape index (κ2) is 6.30. The lowest BCUT2D eigenvalue weighted by atomic mass is 10.1. The van der Waals surface area contributed by atoms with Crippen molar-refractivity contribution in [2.45, 2.75) is 18.7 Å². The smallest absolute Gasteiger partial charge is 0.338 e. The minimum absolute atomic E-state index is 0.213. The molecule has 92 valence electrons. The molecule has 4 nitrogen and oxygen atoms in total. The molecule has 0 aliphatic carbocycles. The fraction of sp³-hybridized carbons (Fsp3) is 0.333. The third-order valence-corrected chi connectivity index (χ3v) is 2.96.